The summed E-state index contributed by atoms with van der Waals surface area (Å²) in [6, 6.07) is 0. The quantitative estimate of drug-likeness (QED) is 0.0146. The van der Waals surface area contributed by atoms with Crippen LogP contribution in [0.4, 0.5) is 0 Å². The van der Waals surface area contributed by atoms with Gasteiger partial charge in [-0.2, -0.15) is 0 Å². The summed E-state index contributed by atoms with van der Waals surface area (Å²) in [6.45, 7) is 2.61. The number of esters is 3. The van der Waals surface area contributed by atoms with Crippen LogP contribution in [0.15, 0.2) is 60.8 Å². The molecule has 18 heteroatoms. The smallest absolute Gasteiger partial charge is 0.463 e. The van der Waals surface area contributed by atoms with Crippen molar-refractivity contribution in [3.8, 4) is 0 Å². The SMILES string of the molecule is CC/C=C\C/C=C\C/C=C\C/C=C\C/C=C\CCCCCCCCCCCCCC(=O)OCC(O)COP(=O)(O)OCC(O)COP(=O)(O)OCC(COC(=O)CCCCCCCCCCCCCCCCC)OC(=O)CCCCCCCCCCCCCCC. The Morgan fingerprint density at radius 2 is 0.582 bits per heavy atom. The van der Waals surface area contributed by atoms with E-state index in [9.17, 15) is 43.5 Å². The van der Waals surface area contributed by atoms with Crippen molar-refractivity contribution in [2.75, 3.05) is 39.6 Å². The molecule has 0 radical (unpaired) electrons. The Labute approximate surface area is 554 Å². The minimum Gasteiger partial charge on any atom is -0.463 e. The molecule has 0 aliphatic heterocycles. The van der Waals surface area contributed by atoms with Crippen LogP contribution in [0, 0.1) is 0 Å². The molecule has 0 aromatic heterocycles. The largest absolute Gasteiger partial charge is 0.472 e. The summed E-state index contributed by atoms with van der Waals surface area (Å²) in [5.41, 5.74) is 0. The van der Waals surface area contributed by atoms with Crippen LogP contribution in [-0.2, 0) is 55.8 Å². The summed E-state index contributed by atoms with van der Waals surface area (Å²) in [7, 11) is -9.76. The average molecular weight is 1330 g/mol. The van der Waals surface area contributed by atoms with Gasteiger partial charge in [0.1, 0.15) is 25.4 Å². The molecule has 0 rings (SSSR count). The molecule has 0 amide bonds. The fourth-order valence-corrected chi connectivity index (χ4v) is 11.8. The molecular formula is C73H134O16P2. The number of aliphatic hydroxyl groups excluding tert-OH is 2. The summed E-state index contributed by atoms with van der Waals surface area (Å²) in [6.07, 6.45) is 69.9. The normalized spacial score (nSPS) is 14.5. The Bertz CT molecular complexity index is 1910. The molecule has 0 bridgehead atoms. The predicted octanol–water partition coefficient (Wildman–Crippen LogP) is 20.5. The third-order valence-electron chi connectivity index (χ3n) is 15.8. The van der Waals surface area contributed by atoms with Crippen molar-refractivity contribution in [3.63, 3.8) is 0 Å². The molecule has 91 heavy (non-hydrogen) atoms. The number of allylic oxidation sites excluding steroid dienone is 10. The van der Waals surface area contributed by atoms with Crippen molar-refractivity contribution in [1.29, 1.82) is 0 Å². The first-order valence-electron chi connectivity index (χ1n) is 36.6. The molecule has 0 aliphatic rings. The lowest BCUT2D eigenvalue weighted by molar-refractivity contribution is -0.161. The lowest BCUT2D eigenvalue weighted by Gasteiger charge is -2.21. The monoisotopic (exact) mass is 1330 g/mol. The van der Waals surface area contributed by atoms with Crippen molar-refractivity contribution in [3.05, 3.63) is 60.8 Å². The Morgan fingerprint density at radius 3 is 0.923 bits per heavy atom. The van der Waals surface area contributed by atoms with Crippen molar-refractivity contribution in [2.45, 2.75) is 347 Å². The van der Waals surface area contributed by atoms with Gasteiger partial charge in [-0.3, -0.25) is 32.5 Å². The van der Waals surface area contributed by atoms with Gasteiger partial charge in [0, 0.05) is 19.3 Å². The van der Waals surface area contributed by atoms with E-state index >= 15 is 0 Å². The lowest BCUT2D eigenvalue weighted by Crippen LogP contribution is -2.30. The number of carbonyl (C=O) groups excluding carboxylic acids is 3. The number of hydrogen-bond acceptors (Lipinski definition) is 14. The van der Waals surface area contributed by atoms with E-state index in [0.29, 0.717) is 19.3 Å². The molecule has 0 heterocycles. The summed E-state index contributed by atoms with van der Waals surface area (Å²) >= 11 is 0. The van der Waals surface area contributed by atoms with Gasteiger partial charge in [-0.05, 0) is 64.2 Å². The Morgan fingerprint density at radius 1 is 0.319 bits per heavy atom. The second-order valence-corrected chi connectivity index (χ2v) is 27.6. The number of aliphatic hydroxyl groups is 2. The van der Waals surface area contributed by atoms with E-state index in [1.807, 2.05) is 0 Å². The van der Waals surface area contributed by atoms with Gasteiger partial charge in [-0.1, -0.05) is 306 Å². The highest BCUT2D eigenvalue weighted by Crippen LogP contribution is 2.45. The van der Waals surface area contributed by atoms with Crippen molar-refractivity contribution < 1.29 is 75.8 Å². The minimum atomic E-state index is -4.91. The van der Waals surface area contributed by atoms with Gasteiger partial charge in [0.05, 0.1) is 26.4 Å². The van der Waals surface area contributed by atoms with Crippen LogP contribution in [0.1, 0.15) is 329 Å². The first-order valence-corrected chi connectivity index (χ1v) is 39.6. The van der Waals surface area contributed by atoms with E-state index in [1.165, 1.54) is 167 Å². The molecule has 5 unspecified atom stereocenters. The summed E-state index contributed by atoms with van der Waals surface area (Å²) < 4.78 is 61.0. The molecule has 0 saturated carbocycles. The molecule has 4 N–H and O–H groups in total. The molecule has 16 nitrogen and oxygen atoms in total. The van der Waals surface area contributed by atoms with Gasteiger partial charge < -0.3 is 34.2 Å². The highest BCUT2D eigenvalue weighted by atomic mass is 31.2. The molecule has 0 fully saturated rings. The second kappa shape index (κ2) is 67.2. The first kappa shape index (κ1) is 88.2. The first-order chi connectivity index (χ1) is 44.2. The van der Waals surface area contributed by atoms with Gasteiger partial charge in [0.25, 0.3) is 0 Å². The molecule has 0 aliphatic carbocycles. The van der Waals surface area contributed by atoms with Gasteiger partial charge >= 0.3 is 33.6 Å². The second-order valence-electron chi connectivity index (χ2n) is 24.7. The van der Waals surface area contributed by atoms with E-state index in [0.717, 1.165) is 103 Å². The van der Waals surface area contributed by atoms with Crippen molar-refractivity contribution in [1.82, 2.24) is 0 Å². The fraction of sp³-hybridized carbons (Fsp3) is 0.822. The molecular weight excluding hydrogens is 1190 g/mol. The van der Waals surface area contributed by atoms with Gasteiger partial charge in [-0.25, -0.2) is 9.13 Å². The zero-order chi connectivity index (χ0) is 66.7. The Kier molecular flexibility index (Phi) is 65.2. The fourth-order valence-electron chi connectivity index (χ4n) is 10.2. The van der Waals surface area contributed by atoms with Crippen LogP contribution >= 0.6 is 15.6 Å². The molecule has 0 saturated heterocycles. The summed E-state index contributed by atoms with van der Waals surface area (Å²) in [5, 5.41) is 20.6. The molecule has 5 atom stereocenters. The third kappa shape index (κ3) is 68.4. The number of unbranched alkanes of at least 4 members (excludes halogenated alkanes) is 37. The van der Waals surface area contributed by atoms with Crippen molar-refractivity contribution in [2.24, 2.45) is 0 Å². The van der Waals surface area contributed by atoms with Crippen LogP contribution in [-0.4, -0.2) is 95.9 Å². The molecule has 0 aromatic rings. The zero-order valence-electron chi connectivity index (χ0n) is 57.8. The zero-order valence-corrected chi connectivity index (χ0v) is 59.6. The molecule has 532 valence electrons. The summed E-state index contributed by atoms with van der Waals surface area (Å²) in [5.74, 6) is -1.55. The third-order valence-corrected chi connectivity index (χ3v) is 17.7. The maximum atomic E-state index is 12.9. The van der Waals surface area contributed by atoms with Crippen LogP contribution in [0.3, 0.4) is 0 Å². The van der Waals surface area contributed by atoms with Crippen LogP contribution in [0.5, 0.6) is 0 Å². The van der Waals surface area contributed by atoms with Gasteiger partial charge in [0.15, 0.2) is 6.10 Å². The number of phosphoric acid groups is 2. The molecule has 0 aromatic carbocycles. The van der Waals surface area contributed by atoms with E-state index in [1.54, 1.807) is 0 Å². The van der Waals surface area contributed by atoms with Gasteiger partial charge in [-0.15, -0.1) is 0 Å². The van der Waals surface area contributed by atoms with E-state index in [2.05, 4.69) is 81.5 Å². The van der Waals surface area contributed by atoms with Crippen LogP contribution in [0.2, 0.25) is 0 Å². The number of phosphoric ester groups is 2. The van der Waals surface area contributed by atoms with Crippen LogP contribution in [0.25, 0.3) is 0 Å². The highest BCUT2D eigenvalue weighted by molar-refractivity contribution is 7.47. The highest BCUT2D eigenvalue weighted by Gasteiger charge is 2.29. The Hall–Kier alpha value is -2.75. The maximum absolute atomic E-state index is 12.9. The summed E-state index contributed by atoms with van der Waals surface area (Å²) in [4.78, 5) is 58.4. The maximum Gasteiger partial charge on any atom is 0.472 e. The van der Waals surface area contributed by atoms with E-state index in [-0.39, 0.29) is 19.3 Å². The Balaban J connectivity index is 4.45. The average Bonchev–Trinajstić information content (AvgIpc) is 3.70. The molecule has 0 spiro atoms. The predicted molar refractivity (Wildman–Crippen MR) is 372 cm³/mol. The standard InChI is InChI=1S/C73H134O16P2/c1-4-7-10-13-16-19-22-25-27-28-29-30-31-32-33-34-35-36-37-38-40-43-44-47-50-53-56-59-71(76)83-62-68(74)63-85-90(79,80)86-64-69(75)65-87-91(81,82)88-67-70(89-73(78)61-58-55-52-49-46-41-24-21-18-15-12-9-6-3)66-84-72(77)60-57-54-51-48-45-42-39-26-23-20-17-14-11-8-5-2/h7,10,16,19,25,27,29-30,32-33,68-70,74-75H,4-6,8-9,11-15,17-18,20-24,26,28,31,34-67H2,1-3H3,(H,79,80)(H,81,82)/b10-7-,19-16-,27-25-,30-29-,33-32-. The van der Waals surface area contributed by atoms with E-state index < -0.39 is 91.5 Å². The minimum absolute atomic E-state index is 0.113. The number of carbonyl (C=O) groups is 3. The topological polar surface area (TPSA) is 231 Å². The van der Waals surface area contributed by atoms with Crippen molar-refractivity contribution >= 4 is 33.6 Å². The number of hydrogen-bond donors (Lipinski definition) is 4. The van der Waals surface area contributed by atoms with E-state index in [4.69, 9.17) is 32.3 Å². The van der Waals surface area contributed by atoms with Crippen LogP contribution < -0.4 is 0 Å². The number of ether oxygens (including phenoxy) is 3. The lowest BCUT2D eigenvalue weighted by atomic mass is 10.0. The van der Waals surface area contributed by atoms with Gasteiger partial charge in [0.2, 0.25) is 0 Å². The number of rotatable bonds is 70.